The molecule has 0 saturated carbocycles. The third-order valence-corrected chi connectivity index (χ3v) is 3.93. The standard InChI is InChI=1S/C18H26N4O2/c1-3-19-18(21(2)14-15-8-5-4-6-9-15)20-12-13-22-16(23)10-7-11-17(22)24/h4-6,8-9H,3,7,10-14H2,1-2H3,(H,19,20). The van der Waals surface area contributed by atoms with Gasteiger partial charge in [0.25, 0.3) is 0 Å². The number of nitrogens with zero attached hydrogens (tertiary/aromatic N) is 3. The van der Waals surface area contributed by atoms with Crippen molar-refractivity contribution in [1.29, 1.82) is 0 Å². The lowest BCUT2D eigenvalue weighted by Crippen LogP contribution is -2.42. The molecule has 2 amide bonds. The van der Waals surface area contributed by atoms with E-state index in [1.807, 2.05) is 37.1 Å². The molecule has 1 N–H and O–H groups in total. The normalized spacial score (nSPS) is 15.6. The summed E-state index contributed by atoms with van der Waals surface area (Å²) in [6, 6.07) is 10.2. The van der Waals surface area contributed by atoms with E-state index in [-0.39, 0.29) is 11.8 Å². The zero-order valence-corrected chi connectivity index (χ0v) is 14.5. The minimum Gasteiger partial charge on any atom is -0.357 e. The van der Waals surface area contributed by atoms with E-state index in [1.54, 1.807) is 0 Å². The predicted molar refractivity (Wildman–Crippen MR) is 94.5 cm³/mol. The Morgan fingerprint density at radius 3 is 2.50 bits per heavy atom. The number of nitrogens with one attached hydrogen (secondary N) is 1. The fourth-order valence-corrected chi connectivity index (χ4v) is 2.71. The van der Waals surface area contributed by atoms with Gasteiger partial charge in [0.1, 0.15) is 0 Å². The van der Waals surface area contributed by atoms with E-state index in [2.05, 4.69) is 22.4 Å². The number of hydrogen-bond donors (Lipinski definition) is 1. The van der Waals surface area contributed by atoms with Crippen LogP contribution in [0.4, 0.5) is 0 Å². The fourth-order valence-electron chi connectivity index (χ4n) is 2.71. The van der Waals surface area contributed by atoms with Crippen LogP contribution in [-0.4, -0.2) is 54.3 Å². The molecule has 0 radical (unpaired) electrons. The van der Waals surface area contributed by atoms with E-state index < -0.39 is 0 Å². The second-order valence-corrected chi connectivity index (χ2v) is 5.87. The van der Waals surface area contributed by atoms with Crippen molar-refractivity contribution in [2.75, 3.05) is 26.7 Å². The second-order valence-electron chi connectivity index (χ2n) is 5.87. The van der Waals surface area contributed by atoms with Crippen LogP contribution < -0.4 is 5.32 Å². The molecule has 6 nitrogen and oxygen atoms in total. The predicted octanol–water partition coefficient (Wildman–Crippen LogP) is 1.62. The molecule has 0 atom stereocenters. The van der Waals surface area contributed by atoms with Crippen molar-refractivity contribution in [2.24, 2.45) is 4.99 Å². The lowest BCUT2D eigenvalue weighted by molar-refractivity contribution is -0.147. The van der Waals surface area contributed by atoms with Gasteiger partial charge in [-0.15, -0.1) is 0 Å². The summed E-state index contributed by atoms with van der Waals surface area (Å²) in [4.78, 5) is 31.6. The lowest BCUT2D eigenvalue weighted by atomic mass is 10.1. The molecule has 0 aromatic heterocycles. The summed E-state index contributed by atoms with van der Waals surface area (Å²) in [5.74, 6) is 0.617. The number of likely N-dealkylation sites (tertiary alicyclic amines) is 1. The molecule has 0 unspecified atom stereocenters. The number of guanidine groups is 1. The average molecular weight is 330 g/mol. The van der Waals surface area contributed by atoms with Gasteiger partial charge in [-0.05, 0) is 18.9 Å². The summed E-state index contributed by atoms with van der Waals surface area (Å²) in [5, 5.41) is 3.25. The van der Waals surface area contributed by atoms with Gasteiger partial charge in [-0.2, -0.15) is 0 Å². The van der Waals surface area contributed by atoms with Crippen LogP contribution in [0.3, 0.4) is 0 Å². The molecule has 0 bridgehead atoms. The number of piperidine rings is 1. The first-order chi connectivity index (χ1) is 11.6. The first-order valence-corrected chi connectivity index (χ1v) is 8.48. The average Bonchev–Trinajstić information content (AvgIpc) is 2.57. The molecule has 1 aromatic rings. The topological polar surface area (TPSA) is 65.0 Å². The Hall–Kier alpha value is -2.37. The zero-order chi connectivity index (χ0) is 17.4. The summed E-state index contributed by atoms with van der Waals surface area (Å²) in [6.07, 6.45) is 1.59. The van der Waals surface area contributed by atoms with Crippen LogP contribution in [0.2, 0.25) is 0 Å². The molecule has 1 heterocycles. The smallest absolute Gasteiger partial charge is 0.229 e. The van der Waals surface area contributed by atoms with Crippen molar-refractivity contribution in [1.82, 2.24) is 15.1 Å². The van der Waals surface area contributed by atoms with Crippen LogP contribution in [0, 0.1) is 0 Å². The quantitative estimate of drug-likeness (QED) is 0.489. The third kappa shape index (κ3) is 5.08. The number of aliphatic imine (C=N–C) groups is 1. The Morgan fingerprint density at radius 2 is 1.88 bits per heavy atom. The number of carbonyl (C=O) groups excluding carboxylic acids is 2. The van der Waals surface area contributed by atoms with Gasteiger partial charge in [0.2, 0.25) is 11.8 Å². The van der Waals surface area contributed by atoms with E-state index in [0.29, 0.717) is 32.4 Å². The molecule has 0 spiro atoms. The van der Waals surface area contributed by atoms with Gasteiger partial charge < -0.3 is 10.2 Å². The molecule has 1 aliphatic heterocycles. The Balaban J connectivity index is 1.94. The van der Waals surface area contributed by atoms with E-state index in [9.17, 15) is 9.59 Å². The van der Waals surface area contributed by atoms with E-state index >= 15 is 0 Å². The van der Waals surface area contributed by atoms with Gasteiger partial charge in [-0.25, -0.2) is 0 Å². The van der Waals surface area contributed by atoms with Crippen LogP contribution in [0.5, 0.6) is 0 Å². The Kier molecular flexibility index (Phi) is 6.78. The van der Waals surface area contributed by atoms with E-state index in [0.717, 1.165) is 19.0 Å². The van der Waals surface area contributed by atoms with Gasteiger partial charge >= 0.3 is 0 Å². The Bertz CT molecular complexity index is 570. The number of hydrogen-bond acceptors (Lipinski definition) is 3. The number of imide groups is 1. The molecule has 1 saturated heterocycles. The van der Waals surface area contributed by atoms with Crippen LogP contribution in [0.1, 0.15) is 31.7 Å². The van der Waals surface area contributed by atoms with E-state index in [4.69, 9.17) is 0 Å². The molecule has 2 rings (SSSR count). The van der Waals surface area contributed by atoms with Gasteiger partial charge in [-0.3, -0.25) is 19.5 Å². The number of amides is 2. The maximum Gasteiger partial charge on any atom is 0.229 e. The zero-order valence-electron chi connectivity index (χ0n) is 14.5. The van der Waals surface area contributed by atoms with Crippen LogP contribution >= 0.6 is 0 Å². The molecular weight excluding hydrogens is 304 g/mol. The summed E-state index contributed by atoms with van der Waals surface area (Å²) in [7, 11) is 1.98. The van der Waals surface area contributed by atoms with Crippen LogP contribution in [0.15, 0.2) is 35.3 Å². The van der Waals surface area contributed by atoms with Crippen molar-refractivity contribution in [3.8, 4) is 0 Å². The maximum absolute atomic E-state index is 11.8. The molecule has 0 aliphatic carbocycles. The monoisotopic (exact) mass is 330 g/mol. The van der Waals surface area contributed by atoms with Crippen molar-refractivity contribution in [3.05, 3.63) is 35.9 Å². The highest BCUT2D eigenvalue weighted by Crippen LogP contribution is 2.11. The van der Waals surface area contributed by atoms with Crippen molar-refractivity contribution in [3.63, 3.8) is 0 Å². The Labute approximate surface area is 143 Å². The fraction of sp³-hybridized carbons (Fsp3) is 0.500. The van der Waals surface area contributed by atoms with Gasteiger partial charge in [0, 0.05) is 39.5 Å². The first kappa shape index (κ1) is 18.0. The minimum atomic E-state index is -0.0795. The highest BCUT2D eigenvalue weighted by atomic mass is 16.2. The molecule has 6 heteroatoms. The maximum atomic E-state index is 11.8. The van der Waals surface area contributed by atoms with Gasteiger partial charge in [-0.1, -0.05) is 30.3 Å². The van der Waals surface area contributed by atoms with Crippen molar-refractivity contribution < 1.29 is 9.59 Å². The van der Waals surface area contributed by atoms with Gasteiger partial charge in [0.05, 0.1) is 6.54 Å². The van der Waals surface area contributed by atoms with Gasteiger partial charge in [0.15, 0.2) is 5.96 Å². The molecular formula is C18H26N4O2. The van der Waals surface area contributed by atoms with Crippen molar-refractivity contribution in [2.45, 2.75) is 32.7 Å². The summed E-state index contributed by atoms with van der Waals surface area (Å²) >= 11 is 0. The minimum absolute atomic E-state index is 0.0795. The van der Waals surface area contributed by atoms with E-state index in [1.165, 1.54) is 10.5 Å². The molecule has 24 heavy (non-hydrogen) atoms. The van der Waals surface area contributed by atoms with Crippen LogP contribution in [0.25, 0.3) is 0 Å². The SMILES string of the molecule is CCNC(=NCCN1C(=O)CCCC1=O)N(C)Cc1ccccc1. The second kappa shape index (κ2) is 9.05. The number of carbonyl (C=O) groups is 2. The molecule has 1 aliphatic rings. The summed E-state index contributed by atoms with van der Waals surface area (Å²) in [6.45, 7) is 4.29. The highest BCUT2D eigenvalue weighted by molar-refractivity contribution is 5.97. The first-order valence-electron chi connectivity index (χ1n) is 8.48. The Morgan fingerprint density at radius 1 is 1.21 bits per heavy atom. The third-order valence-electron chi connectivity index (χ3n) is 3.93. The lowest BCUT2D eigenvalue weighted by Gasteiger charge is -2.25. The molecule has 130 valence electrons. The summed E-state index contributed by atoms with van der Waals surface area (Å²) < 4.78 is 0. The summed E-state index contributed by atoms with van der Waals surface area (Å²) in [5.41, 5.74) is 1.20. The largest absolute Gasteiger partial charge is 0.357 e. The number of rotatable bonds is 6. The number of benzene rings is 1. The molecule has 1 aromatic carbocycles. The highest BCUT2D eigenvalue weighted by Gasteiger charge is 2.25. The molecule has 1 fully saturated rings. The van der Waals surface area contributed by atoms with Crippen LogP contribution in [-0.2, 0) is 16.1 Å². The van der Waals surface area contributed by atoms with Crippen molar-refractivity contribution >= 4 is 17.8 Å².